The predicted molar refractivity (Wildman–Crippen MR) is 93.7 cm³/mol. The molecule has 1 aromatic carbocycles. The fourth-order valence-electron chi connectivity index (χ4n) is 3.19. The lowest BCUT2D eigenvalue weighted by atomic mass is 10.1. The molecule has 1 heterocycles. The molecule has 1 saturated heterocycles. The second-order valence-corrected chi connectivity index (χ2v) is 6.04. The molecule has 0 bridgehead atoms. The van der Waals surface area contributed by atoms with Gasteiger partial charge in [-0.05, 0) is 25.9 Å². The van der Waals surface area contributed by atoms with Gasteiger partial charge in [0.05, 0.1) is 26.4 Å². The number of nitrogens with zero attached hydrogens (tertiary/aromatic N) is 1. The highest BCUT2D eigenvalue weighted by Crippen LogP contribution is 2.42. The first-order valence-corrected chi connectivity index (χ1v) is 8.45. The van der Waals surface area contributed by atoms with Crippen LogP contribution in [0.1, 0.15) is 30.1 Å². The molecular formula is C17H25ClN2O4. The molecule has 0 saturated carbocycles. The molecule has 1 aromatic rings. The van der Waals surface area contributed by atoms with Gasteiger partial charge in [-0.2, -0.15) is 0 Å². The van der Waals surface area contributed by atoms with Crippen molar-refractivity contribution in [3.05, 3.63) is 16.7 Å². The van der Waals surface area contributed by atoms with E-state index in [4.69, 9.17) is 25.8 Å². The van der Waals surface area contributed by atoms with E-state index in [0.29, 0.717) is 29.1 Å². The van der Waals surface area contributed by atoms with E-state index < -0.39 is 0 Å². The standard InChI is InChI=1S/C17H25ClN2O4/c1-5-20-8-6-7-11(20)10-19-17(21)14-15(23-3)12(18)9-13(22-2)16(14)24-4/h9,11H,5-8,10H2,1-4H3,(H,19,21). The largest absolute Gasteiger partial charge is 0.494 e. The molecule has 24 heavy (non-hydrogen) atoms. The third kappa shape index (κ3) is 3.70. The molecular weight excluding hydrogens is 332 g/mol. The number of ether oxygens (including phenoxy) is 3. The smallest absolute Gasteiger partial charge is 0.259 e. The number of carbonyl (C=O) groups is 1. The Morgan fingerprint density at radius 2 is 2.00 bits per heavy atom. The van der Waals surface area contributed by atoms with E-state index in [1.807, 2.05) is 0 Å². The van der Waals surface area contributed by atoms with E-state index in [-0.39, 0.29) is 17.2 Å². The number of amides is 1. The van der Waals surface area contributed by atoms with Gasteiger partial charge in [0.2, 0.25) is 0 Å². The minimum atomic E-state index is -0.285. The summed E-state index contributed by atoms with van der Waals surface area (Å²) in [6.07, 6.45) is 2.24. The third-order valence-corrected chi connectivity index (χ3v) is 4.69. The lowest BCUT2D eigenvalue weighted by Crippen LogP contribution is -2.40. The monoisotopic (exact) mass is 356 g/mol. The van der Waals surface area contributed by atoms with Gasteiger partial charge in [0, 0.05) is 18.7 Å². The van der Waals surface area contributed by atoms with Gasteiger partial charge in [-0.25, -0.2) is 0 Å². The molecule has 0 aliphatic carbocycles. The second-order valence-electron chi connectivity index (χ2n) is 5.64. The normalized spacial score (nSPS) is 17.6. The van der Waals surface area contributed by atoms with Gasteiger partial charge in [0.25, 0.3) is 5.91 Å². The Morgan fingerprint density at radius 1 is 1.29 bits per heavy atom. The Hall–Kier alpha value is -1.66. The maximum atomic E-state index is 12.8. The van der Waals surface area contributed by atoms with Crippen molar-refractivity contribution in [2.24, 2.45) is 0 Å². The molecule has 2 rings (SSSR count). The first-order valence-electron chi connectivity index (χ1n) is 8.08. The number of hydrogen-bond donors (Lipinski definition) is 1. The Bertz CT molecular complexity index is 594. The van der Waals surface area contributed by atoms with Gasteiger partial charge < -0.3 is 19.5 Å². The number of rotatable bonds is 7. The van der Waals surface area contributed by atoms with Gasteiger partial charge in [-0.3, -0.25) is 9.69 Å². The van der Waals surface area contributed by atoms with Gasteiger partial charge in [-0.1, -0.05) is 18.5 Å². The van der Waals surface area contributed by atoms with Crippen LogP contribution in [0.4, 0.5) is 0 Å². The number of methoxy groups -OCH3 is 3. The third-order valence-electron chi connectivity index (χ3n) is 4.41. The maximum absolute atomic E-state index is 12.8. The number of likely N-dealkylation sites (tertiary alicyclic amines) is 1. The molecule has 134 valence electrons. The summed E-state index contributed by atoms with van der Waals surface area (Å²) in [4.78, 5) is 15.1. The van der Waals surface area contributed by atoms with Crippen LogP contribution in [0.5, 0.6) is 17.2 Å². The zero-order valence-electron chi connectivity index (χ0n) is 14.6. The summed E-state index contributed by atoms with van der Waals surface area (Å²) < 4.78 is 15.9. The Kier molecular flexibility index (Phi) is 6.57. The second kappa shape index (κ2) is 8.44. The topological polar surface area (TPSA) is 60.0 Å². The number of nitrogens with one attached hydrogen (secondary N) is 1. The van der Waals surface area contributed by atoms with Crippen LogP contribution in [0.15, 0.2) is 6.07 Å². The Balaban J connectivity index is 2.25. The fourth-order valence-corrected chi connectivity index (χ4v) is 3.46. The molecule has 1 fully saturated rings. The number of carbonyl (C=O) groups excluding carboxylic acids is 1. The summed E-state index contributed by atoms with van der Waals surface area (Å²) >= 11 is 6.21. The average molecular weight is 357 g/mol. The average Bonchev–Trinajstić information content (AvgIpc) is 3.05. The van der Waals surface area contributed by atoms with Crippen molar-refractivity contribution in [3.8, 4) is 17.2 Å². The lowest BCUT2D eigenvalue weighted by molar-refractivity contribution is 0.0934. The summed E-state index contributed by atoms with van der Waals surface area (Å²) in [5.41, 5.74) is 0.255. The SMILES string of the molecule is CCN1CCCC1CNC(=O)c1c(OC)c(Cl)cc(OC)c1OC. The number of halogens is 1. The number of benzene rings is 1. The van der Waals surface area contributed by atoms with E-state index >= 15 is 0 Å². The zero-order chi connectivity index (χ0) is 17.7. The summed E-state index contributed by atoms with van der Waals surface area (Å²) in [6, 6.07) is 1.93. The van der Waals surface area contributed by atoms with E-state index in [1.54, 1.807) is 6.07 Å². The maximum Gasteiger partial charge on any atom is 0.259 e. The van der Waals surface area contributed by atoms with Crippen LogP contribution >= 0.6 is 11.6 Å². The van der Waals surface area contributed by atoms with Crippen LogP contribution < -0.4 is 19.5 Å². The Labute approximate surface area is 148 Å². The zero-order valence-corrected chi connectivity index (χ0v) is 15.4. The van der Waals surface area contributed by atoms with E-state index in [0.717, 1.165) is 25.9 Å². The molecule has 1 aliphatic heterocycles. The van der Waals surface area contributed by atoms with Crippen LogP contribution in [-0.4, -0.2) is 57.8 Å². The molecule has 1 aliphatic rings. The van der Waals surface area contributed by atoms with E-state index in [2.05, 4.69) is 17.1 Å². The van der Waals surface area contributed by atoms with Gasteiger partial charge in [-0.15, -0.1) is 0 Å². The molecule has 6 nitrogen and oxygen atoms in total. The minimum Gasteiger partial charge on any atom is -0.494 e. The molecule has 7 heteroatoms. The van der Waals surface area contributed by atoms with Crippen molar-refractivity contribution >= 4 is 17.5 Å². The predicted octanol–water partition coefficient (Wildman–Crippen LogP) is 2.58. The summed E-state index contributed by atoms with van der Waals surface area (Å²) in [5, 5.41) is 3.28. The highest BCUT2D eigenvalue weighted by molar-refractivity contribution is 6.33. The molecule has 0 spiro atoms. The van der Waals surface area contributed by atoms with Crippen molar-refractivity contribution in [2.45, 2.75) is 25.8 Å². The van der Waals surface area contributed by atoms with E-state index in [9.17, 15) is 4.79 Å². The molecule has 1 unspecified atom stereocenters. The minimum absolute atomic E-state index is 0.255. The van der Waals surface area contributed by atoms with Crippen LogP contribution in [0.25, 0.3) is 0 Å². The summed E-state index contributed by atoms with van der Waals surface area (Å²) in [5.74, 6) is 0.706. The highest BCUT2D eigenvalue weighted by atomic mass is 35.5. The van der Waals surface area contributed by atoms with Crippen molar-refractivity contribution in [1.82, 2.24) is 10.2 Å². The van der Waals surface area contributed by atoms with Gasteiger partial charge in [0.15, 0.2) is 17.2 Å². The molecule has 1 N–H and O–H groups in total. The molecule has 0 aromatic heterocycles. The quantitative estimate of drug-likeness (QED) is 0.813. The first-order chi connectivity index (χ1) is 11.6. The number of hydrogen-bond acceptors (Lipinski definition) is 5. The van der Waals surface area contributed by atoms with Gasteiger partial charge >= 0.3 is 0 Å². The first kappa shape index (κ1) is 18.7. The van der Waals surface area contributed by atoms with Crippen molar-refractivity contribution in [3.63, 3.8) is 0 Å². The van der Waals surface area contributed by atoms with Crippen molar-refractivity contribution in [2.75, 3.05) is 41.0 Å². The van der Waals surface area contributed by atoms with Crippen LogP contribution in [0.3, 0.4) is 0 Å². The molecule has 1 amide bonds. The van der Waals surface area contributed by atoms with Crippen LogP contribution in [0.2, 0.25) is 5.02 Å². The molecule has 1 atom stereocenters. The summed E-state index contributed by atoms with van der Waals surface area (Å²) in [7, 11) is 4.46. The van der Waals surface area contributed by atoms with Crippen LogP contribution in [0, 0.1) is 0 Å². The van der Waals surface area contributed by atoms with Crippen molar-refractivity contribution in [1.29, 1.82) is 0 Å². The lowest BCUT2D eigenvalue weighted by Gasteiger charge is -2.23. The van der Waals surface area contributed by atoms with Crippen molar-refractivity contribution < 1.29 is 19.0 Å². The fraction of sp³-hybridized carbons (Fsp3) is 0.588. The van der Waals surface area contributed by atoms with Gasteiger partial charge in [0.1, 0.15) is 5.56 Å². The highest BCUT2D eigenvalue weighted by Gasteiger charge is 2.28. The number of likely N-dealkylation sites (N-methyl/N-ethyl adjacent to an activating group) is 1. The Morgan fingerprint density at radius 3 is 2.58 bits per heavy atom. The van der Waals surface area contributed by atoms with E-state index in [1.165, 1.54) is 21.3 Å². The summed E-state index contributed by atoms with van der Waals surface area (Å²) in [6.45, 7) is 4.77. The van der Waals surface area contributed by atoms with Crippen LogP contribution in [-0.2, 0) is 0 Å². The molecule has 0 radical (unpaired) electrons.